The second-order valence-electron chi connectivity index (χ2n) is 5.43. The van der Waals surface area contributed by atoms with Gasteiger partial charge in [-0.1, -0.05) is 6.07 Å². The summed E-state index contributed by atoms with van der Waals surface area (Å²) in [6.07, 6.45) is 1.22. The first-order valence-electron chi connectivity index (χ1n) is 7.63. The zero-order valence-electron chi connectivity index (χ0n) is 14.3. The first-order valence-corrected chi connectivity index (χ1v) is 7.63. The van der Waals surface area contributed by atoms with Crippen LogP contribution in [0, 0.1) is 11.3 Å². The van der Waals surface area contributed by atoms with Gasteiger partial charge in [0.15, 0.2) is 11.5 Å². The molecule has 0 radical (unpaired) electrons. The molecule has 0 aliphatic heterocycles. The van der Waals surface area contributed by atoms with Crippen LogP contribution in [0.1, 0.15) is 40.2 Å². The fourth-order valence-corrected chi connectivity index (χ4v) is 1.82. The van der Waals surface area contributed by atoms with Crippen LogP contribution in [-0.4, -0.2) is 24.8 Å². The number of nitriles is 1. The largest absolute Gasteiger partial charge is 0.490 e. The van der Waals surface area contributed by atoms with Crippen molar-refractivity contribution in [2.45, 2.75) is 46.8 Å². The highest BCUT2D eigenvalue weighted by atomic mass is 16.5. The van der Waals surface area contributed by atoms with Crippen molar-refractivity contribution in [2.24, 2.45) is 0 Å². The molecule has 0 atom stereocenters. The number of nitrogens with zero attached hydrogens (tertiary/aromatic N) is 1. The normalized spacial score (nSPS) is 11.3. The molecule has 0 N–H and O–H groups in total. The van der Waals surface area contributed by atoms with Gasteiger partial charge in [0.05, 0.1) is 18.8 Å². The molecule has 5 nitrogen and oxygen atoms in total. The fraction of sp³-hybridized carbons (Fsp3) is 0.444. The quantitative estimate of drug-likeness (QED) is 0.435. The van der Waals surface area contributed by atoms with Gasteiger partial charge in [0.25, 0.3) is 0 Å². The van der Waals surface area contributed by atoms with E-state index in [1.165, 1.54) is 6.08 Å². The Morgan fingerprint density at radius 3 is 2.43 bits per heavy atom. The van der Waals surface area contributed by atoms with Gasteiger partial charge in [0.1, 0.15) is 11.6 Å². The van der Waals surface area contributed by atoms with Crippen molar-refractivity contribution in [2.75, 3.05) is 6.61 Å². The predicted molar refractivity (Wildman–Crippen MR) is 88.2 cm³/mol. The lowest BCUT2D eigenvalue weighted by Crippen LogP contribution is -2.12. The third-order valence-electron chi connectivity index (χ3n) is 2.62. The van der Waals surface area contributed by atoms with Crippen molar-refractivity contribution in [1.82, 2.24) is 0 Å². The van der Waals surface area contributed by atoms with Gasteiger partial charge in [-0.2, -0.15) is 5.26 Å². The molecule has 0 aromatic heterocycles. The van der Waals surface area contributed by atoms with Crippen LogP contribution in [0.3, 0.4) is 0 Å². The molecule has 1 aromatic rings. The van der Waals surface area contributed by atoms with Crippen LogP contribution >= 0.6 is 0 Å². The topological polar surface area (TPSA) is 68.5 Å². The number of carbonyl (C=O) groups is 1. The van der Waals surface area contributed by atoms with Crippen LogP contribution in [0.15, 0.2) is 23.8 Å². The van der Waals surface area contributed by atoms with Crippen molar-refractivity contribution in [3.63, 3.8) is 0 Å². The van der Waals surface area contributed by atoms with Crippen molar-refractivity contribution < 1.29 is 19.0 Å². The number of esters is 1. The Morgan fingerprint density at radius 2 is 1.91 bits per heavy atom. The number of benzene rings is 1. The summed E-state index contributed by atoms with van der Waals surface area (Å²) in [6.45, 7) is 9.69. The van der Waals surface area contributed by atoms with Gasteiger partial charge in [0.2, 0.25) is 0 Å². The Kier molecular flexibility index (Phi) is 7.14. The van der Waals surface area contributed by atoms with Crippen LogP contribution in [0.4, 0.5) is 0 Å². The SMILES string of the molecule is CCOc1cc(/C=C(/C#N)C(=O)OC(C)C)ccc1OC(C)C. The summed E-state index contributed by atoms with van der Waals surface area (Å²) in [6, 6.07) is 7.13. The van der Waals surface area contributed by atoms with Crippen molar-refractivity contribution in [1.29, 1.82) is 5.26 Å². The van der Waals surface area contributed by atoms with Crippen LogP contribution < -0.4 is 9.47 Å². The Hall–Kier alpha value is -2.48. The summed E-state index contributed by atoms with van der Waals surface area (Å²) in [5.41, 5.74) is 0.612. The number of ether oxygens (including phenoxy) is 3. The maximum Gasteiger partial charge on any atom is 0.349 e. The smallest absolute Gasteiger partial charge is 0.349 e. The molecule has 23 heavy (non-hydrogen) atoms. The third kappa shape index (κ3) is 6.03. The van der Waals surface area contributed by atoms with Crippen LogP contribution in [0.25, 0.3) is 6.08 Å². The van der Waals surface area contributed by atoms with E-state index in [9.17, 15) is 4.79 Å². The molecule has 0 unspecified atom stereocenters. The first kappa shape index (κ1) is 18.6. The molecule has 0 spiro atoms. The molecular weight excluding hydrogens is 294 g/mol. The highest BCUT2D eigenvalue weighted by Crippen LogP contribution is 2.30. The minimum Gasteiger partial charge on any atom is -0.490 e. The lowest BCUT2D eigenvalue weighted by Gasteiger charge is -2.15. The van der Waals surface area contributed by atoms with E-state index in [2.05, 4.69) is 0 Å². The molecule has 0 saturated heterocycles. The molecule has 1 rings (SSSR count). The molecule has 0 aliphatic carbocycles. The minimum absolute atomic E-state index is 0.0197. The molecule has 0 amide bonds. The second-order valence-corrected chi connectivity index (χ2v) is 5.43. The van der Waals surface area contributed by atoms with Gasteiger partial charge in [0, 0.05) is 0 Å². The maximum absolute atomic E-state index is 11.8. The van der Waals surface area contributed by atoms with Crippen LogP contribution in [0.5, 0.6) is 11.5 Å². The molecule has 0 heterocycles. The van der Waals surface area contributed by atoms with E-state index in [4.69, 9.17) is 19.5 Å². The van der Waals surface area contributed by atoms with E-state index in [1.54, 1.807) is 32.0 Å². The fourth-order valence-electron chi connectivity index (χ4n) is 1.82. The summed E-state index contributed by atoms with van der Waals surface area (Å²) in [5, 5.41) is 9.14. The molecule has 0 bridgehead atoms. The first-order chi connectivity index (χ1) is 10.9. The molecular formula is C18H23NO4. The molecule has 0 aliphatic rings. The average Bonchev–Trinajstić information content (AvgIpc) is 2.46. The van der Waals surface area contributed by atoms with Gasteiger partial charge in [-0.05, 0) is 58.4 Å². The summed E-state index contributed by atoms with van der Waals surface area (Å²) < 4.78 is 16.3. The highest BCUT2D eigenvalue weighted by Gasteiger charge is 2.13. The Balaban J connectivity index is 3.12. The van der Waals surface area contributed by atoms with Gasteiger partial charge >= 0.3 is 5.97 Å². The predicted octanol–water partition coefficient (Wildman–Crippen LogP) is 3.73. The van der Waals surface area contributed by atoms with E-state index >= 15 is 0 Å². The van der Waals surface area contributed by atoms with Gasteiger partial charge in [-0.3, -0.25) is 0 Å². The van der Waals surface area contributed by atoms with E-state index in [0.29, 0.717) is 23.7 Å². The second kappa shape index (κ2) is 8.84. The molecule has 1 aromatic carbocycles. The molecule has 0 fully saturated rings. The lowest BCUT2D eigenvalue weighted by atomic mass is 10.1. The average molecular weight is 317 g/mol. The van der Waals surface area contributed by atoms with E-state index in [0.717, 1.165) is 0 Å². The van der Waals surface area contributed by atoms with E-state index in [-0.39, 0.29) is 17.8 Å². The number of hydrogen-bond donors (Lipinski definition) is 0. The standard InChI is InChI=1S/C18H23NO4/c1-6-21-17-10-14(7-8-16(17)22-12(2)3)9-15(11-19)18(20)23-13(4)5/h7-10,12-13H,6H2,1-5H3/b15-9-. The monoisotopic (exact) mass is 317 g/mol. The minimum atomic E-state index is -0.636. The number of rotatable bonds is 7. The van der Waals surface area contributed by atoms with Crippen molar-refractivity contribution in [3.8, 4) is 17.6 Å². The Morgan fingerprint density at radius 1 is 1.22 bits per heavy atom. The zero-order chi connectivity index (χ0) is 17.4. The molecule has 5 heteroatoms. The maximum atomic E-state index is 11.8. The Labute approximate surface area is 137 Å². The van der Waals surface area contributed by atoms with Crippen LogP contribution in [0.2, 0.25) is 0 Å². The number of carbonyl (C=O) groups excluding carboxylic acids is 1. The van der Waals surface area contributed by atoms with Gasteiger partial charge in [-0.15, -0.1) is 0 Å². The zero-order valence-corrected chi connectivity index (χ0v) is 14.3. The lowest BCUT2D eigenvalue weighted by molar-refractivity contribution is -0.142. The van der Waals surface area contributed by atoms with Crippen LogP contribution in [-0.2, 0) is 9.53 Å². The summed E-state index contributed by atoms with van der Waals surface area (Å²) in [7, 11) is 0. The van der Waals surface area contributed by atoms with E-state index < -0.39 is 5.97 Å². The summed E-state index contributed by atoms with van der Waals surface area (Å²) >= 11 is 0. The molecule has 124 valence electrons. The number of hydrogen-bond acceptors (Lipinski definition) is 5. The Bertz CT molecular complexity index is 612. The van der Waals surface area contributed by atoms with Crippen molar-refractivity contribution in [3.05, 3.63) is 29.3 Å². The van der Waals surface area contributed by atoms with Crippen molar-refractivity contribution >= 4 is 12.0 Å². The van der Waals surface area contributed by atoms with Gasteiger partial charge in [-0.25, -0.2) is 4.79 Å². The highest BCUT2D eigenvalue weighted by molar-refractivity contribution is 5.98. The third-order valence-corrected chi connectivity index (χ3v) is 2.62. The summed E-state index contributed by atoms with van der Waals surface area (Å²) in [5.74, 6) is 0.565. The molecule has 0 saturated carbocycles. The summed E-state index contributed by atoms with van der Waals surface area (Å²) in [4.78, 5) is 11.8. The van der Waals surface area contributed by atoms with E-state index in [1.807, 2.05) is 26.8 Å². The van der Waals surface area contributed by atoms with Gasteiger partial charge < -0.3 is 14.2 Å².